The smallest absolute Gasteiger partial charge is 0.334 e. The first kappa shape index (κ1) is 16.5. The van der Waals surface area contributed by atoms with Crippen LogP contribution in [0.25, 0.3) is 0 Å². The quantitative estimate of drug-likeness (QED) is 0.640. The summed E-state index contributed by atoms with van der Waals surface area (Å²) >= 11 is 0. The molecule has 8 nitrogen and oxygen atoms in total. The molecular weight excluding hydrogens is 302 g/mol. The van der Waals surface area contributed by atoms with Crippen LogP contribution in [0.2, 0.25) is 0 Å². The second kappa shape index (κ2) is 6.47. The van der Waals surface area contributed by atoms with Crippen LogP contribution < -0.4 is 10.1 Å². The Kier molecular flexibility index (Phi) is 4.63. The summed E-state index contributed by atoms with van der Waals surface area (Å²) in [5.74, 6) is -1.95. The molecule has 0 saturated carbocycles. The van der Waals surface area contributed by atoms with Crippen molar-refractivity contribution in [3.05, 3.63) is 24.3 Å². The second-order valence-corrected chi connectivity index (χ2v) is 5.22. The molecular formula is C15H17N3O5. The maximum Gasteiger partial charge on any atom is 0.334 e. The topological polar surface area (TPSA) is 96.0 Å². The highest BCUT2D eigenvalue weighted by atomic mass is 16.5. The zero-order valence-corrected chi connectivity index (χ0v) is 13.0. The fourth-order valence-electron chi connectivity index (χ4n) is 2.16. The van der Waals surface area contributed by atoms with Gasteiger partial charge in [0.25, 0.3) is 0 Å². The second-order valence-electron chi connectivity index (χ2n) is 5.22. The minimum atomic E-state index is -0.996. The predicted octanol–water partition coefficient (Wildman–Crippen LogP) is 0.833. The van der Waals surface area contributed by atoms with Crippen molar-refractivity contribution in [1.82, 2.24) is 9.80 Å². The van der Waals surface area contributed by atoms with Crippen molar-refractivity contribution >= 4 is 29.4 Å². The number of carbonyl (C=O) groups is 4. The van der Waals surface area contributed by atoms with E-state index in [0.29, 0.717) is 16.3 Å². The van der Waals surface area contributed by atoms with Crippen LogP contribution in [0.5, 0.6) is 5.75 Å². The third-order valence-electron chi connectivity index (χ3n) is 3.26. The highest BCUT2D eigenvalue weighted by Crippen LogP contribution is 2.18. The number of nitrogens with one attached hydrogen (secondary N) is 1. The lowest BCUT2D eigenvalue weighted by Gasteiger charge is -2.18. The Labute approximate surface area is 133 Å². The van der Waals surface area contributed by atoms with Crippen molar-refractivity contribution in [3.8, 4) is 5.75 Å². The van der Waals surface area contributed by atoms with E-state index in [1.807, 2.05) is 0 Å². The van der Waals surface area contributed by atoms with Crippen LogP contribution in [0.15, 0.2) is 24.3 Å². The number of urea groups is 1. The summed E-state index contributed by atoms with van der Waals surface area (Å²) in [7, 11) is 1.49. The van der Waals surface area contributed by atoms with Crippen molar-refractivity contribution in [2.45, 2.75) is 19.9 Å². The lowest BCUT2D eigenvalue weighted by Crippen LogP contribution is -2.40. The summed E-state index contributed by atoms with van der Waals surface area (Å²) in [6.45, 7) is 2.70. The predicted molar refractivity (Wildman–Crippen MR) is 80.7 cm³/mol. The summed E-state index contributed by atoms with van der Waals surface area (Å²) in [4.78, 5) is 49.1. The van der Waals surface area contributed by atoms with E-state index >= 15 is 0 Å². The van der Waals surface area contributed by atoms with Gasteiger partial charge < -0.3 is 10.1 Å². The number of hydrogen-bond donors (Lipinski definition) is 1. The number of hydrogen-bond acceptors (Lipinski definition) is 5. The maximum absolute atomic E-state index is 12.1. The first-order chi connectivity index (χ1) is 10.8. The molecule has 2 rings (SSSR count). The molecule has 122 valence electrons. The minimum Gasteiger partial charge on any atom is -0.497 e. The number of amides is 5. The molecule has 1 fully saturated rings. The van der Waals surface area contributed by atoms with E-state index in [1.54, 1.807) is 38.1 Å². The van der Waals surface area contributed by atoms with Gasteiger partial charge in [-0.15, -0.1) is 0 Å². The van der Waals surface area contributed by atoms with E-state index in [1.165, 1.54) is 7.11 Å². The lowest BCUT2D eigenvalue weighted by atomic mass is 10.3. The monoisotopic (exact) mass is 319 g/mol. The van der Waals surface area contributed by atoms with Gasteiger partial charge in [-0.25, -0.2) is 9.69 Å². The van der Waals surface area contributed by atoms with Gasteiger partial charge in [-0.1, -0.05) is 6.07 Å². The standard InChI is InChI=1S/C15H17N3O5/c1-9(2)18-14(21)13(20)17(15(18)22)8-12(19)16-10-5-4-6-11(7-10)23-3/h4-7,9H,8H2,1-3H3,(H,16,19). The van der Waals surface area contributed by atoms with E-state index in [0.717, 1.165) is 4.90 Å². The molecule has 1 aromatic rings. The molecule has 0 aliphatic carbocycles. The molecule has 23 heavy (non-hydrogen) atoms. The number of methoxy groups -OCH3 is 1. The third-order valence-corrected chi connectivity index (χ3v) is 3.26. The van der Waals surface area contributed by atoms with E-state index in [9.17, 15) is 19.2 Å². The largest absolute Gasteiger partial charge is 0.497 e. The Hall–Kier alpha value is -2.90. The zero-order valence-electron chi connectivity index (χ0n) is 13.0. The minimum absolute atomic E-state index is 0.453. The summed E-state index contributed by atoms with van der Waals surface area (Å²) in [5.41, 5.74) is 0.459. The van der Waals surface area contributed by atoms with E-state index < -0.39 is 36.3 Å². The van der Waals surface area contributed by atoms with Gasteiger partial charge >= 0.3 is 17.8 Å². The van der Waals surface area contributed by atoms with Gasteiger partial charge in [0.15, 0.2) is 0 Å². The molecule has 0 radical (unpaired) electrons. The zero-order chi connectivity index (χ0) is 17.1. The average molecular weight is 319 g/mol. The number of carbonyl (C=O) groups excluding carboxylic acids is 4. The summed E-state index contributed by atoms with van der Waals surface area (Å²) < 4.78 is 5.04. The molecule has 1 aliphatic heterocycles. The number of ether oxygens (including phenoxy) is 1. The Balaban J connectivity index is 2.06. The molecule has 0 atom stereocenters. The van der Waals surface area contributed by atoms with Gasteiger partial charge in [0.05, 0.1) is 7.11 Å². The van der Waals surface area contributed by atoms with Crippen molar-refractivity contribution in [2.24, 2.45) is 0 Å². The third kappa shape index (κ3) is 3.31. The lowest BCUT2D eigenvalue weighted by molar-refractivity contribution is -0.144. The molecule has 0 bridgehead atoms. The highest BCUT2D eigenvalue weighted by Gasteiger charge is 2.46. The Morgan fingerprint density at radius 2 is 1.91 bits per heavy atom. The van der Waals surface area contributed by atoms with Crippen LogP contribution in [-0.4, -0.2) is 53.2 Å². The summed E-state index contributed by atoms with van der Waals surface area (Å²) in [6, 6.07) is 5.39. The van der Waals surface area contributed by atoms with Crippen LogP contribution in [0.3, 0.4) is 0 Å². The Morgan fingerprint density at radius 1 is 1.22 bits per heavy atom. The normalized spacial score (nSPS) is 14.7. The summed E-state index contributed by atoms with van der Waals surface area (Å²) in [5, 5.41) is 2.55. The fraction of sp³-hybridized carbons (Fsp3) is 0.333. The molecule has 1 heterocycles. The van der Waals surface area contributed by atoms with Gasteiger partial charge in [0, 0.05) is 17.8 Å². The number of anilines is 1. The number of rotatable bonds is 5. The molecule has 5 amide bonds. The number of nitrogens with zero attached hydrogens (tertiary/aromatic N) is 2. The van der Waals surface area contributed by atoms with E-state index in [2.05, 4.69) is 5.32 Å². The molecule has 1 aromatic carbocycles. The highest BCUT2D eigenvalue weighted by molar-refractivity contribution is 6.45. The van der Waals surface area contributed by atoms with Gasteiger partial charge in [-0.2, -0.15) is 0 Å². The number of benzene rings is 1. The molecule has 0 aromatic heterocycles. The molecule has 1 N–H and O–H groups in total. The fourth-order valence-corrected chi connectivity index (χ4v) is 2.16. The van der Waals surface area contributed by atoms with Crippen molar-refractivity contribution in [1.29, 1.82) is 0 Å². The molecule has 1 saturated heterocycles. The van der Waals surface area contributed by atoms with Crippen LogP contribution in [-0.2, 0) is 14.4 Å². The van der Waals surface area contributed by atoms with E-state index in [4.69, 9.17) is 4.74 Å². The molecule has 1 aliphatic rings. The molecule has 0 unspecified atom stereocenters. The SMILES string of the molecule is COc1cccc(NC(=O)CN2C(=O)C(=O)N(C(C)C)C2=O)c1. The first-order valence-electron chi connectivity index (χ1n) is 6.98. The van der Waals surface area contributed by atoms with E-state index in [-0.39, 0.29) is 0 Å². The first-order valence-corrected chi connectivity index (χ1v) is 6.98. The Bertz CT molecular complexity index is 671. The van der Waals surface area contributed by atoms with Gasteiger partial charge in [0.2, 0.25) is 5.91 Å². The van der Waals surface area contributed by atoms with Gasteiger partial charge in [0.1, 0.15) is 12.3 Å². The van der Waals surface area contributed by atoms with Crippen LogP contribution in [0, 0.1) is 0 Å². The Morgan fingerprint density at radius 3 is 2.48 bits per heavy atom. The van der Waals surface area contributed by atoms with Gasteiger partial charge in [-0.3, -0.25) is 19.3 Å². The van der Waals surface area contributed by atoms with Crippen molar-refractivity contribution in [2.75, 3.05) is 19.0 Å². The van der Waals surface area contributed by atoms with Gasteiger partial charge in [-0.05, 0) is 26.0 Å². The van der Waals surface area contributed by atoms with Crippen LogP contribution >= 0.6 is 0 Å². The average Bonchev–Trinajstić information content (AvgIpc) is 2.71. The molecule has 8 heteroatoms. The van der Waals surface area contributed by atoms with Crippen molar-refractivity contribution in [3.63, 3.8) is 0 Å². The molecule has 0 spiro atoms. The van der Waals surface area contributed by atoms with Crippen LogP contribution in [0.4, 0.5) is 10.5 Å². The van der Waals surface area contributed by atoms with Crippen molar-refractivity contribution < 1.29 is 23.9 Å². The maximum atomic E-state index is 12.1. The summed E-state index contributed by atoms with van der Waals surface area (Å²) in [6.07, 6.45) is 0. The number of imide groups is 2. The van der Waals surface area contributed by atoms with Crippen LogP contribution in [0.1, 0.15) is 13.8 Å².